The van der Waals surface area contributed by atoms with Crippen LogP contribution < -0.4 is 15.1 Å². The van der Waals surface area contributed by atoms with Crippen LogP contribution in [0.25, 0.3) is 0 Å². The lowest BCUT2D eigenvalue weighted by atomic mass is 9.90. The number of carbonyl (C=O) groups excluding carboxylic acids is 1. The van der Waals surface area contributed by atoms with E-state index in [0.29, 0.717) is 6.42 Å². The lowest BCUT2D eigenvalue weighted by Gasteiger charge is -2.33. The van der Waals surface area contributed by atoms with Gasteiger partial charge in [0.15, 0.2) is 0 Å². The number of hydrogen-bond donors (Lipinski definition) is 2. The number of nitrogens with zero attached hydrogens (tertiary/aromatic N) is 1. The van der Waals surface area contributed by atoms with Crippen LogP contribution >= 0.6 is 0 Å². The molecule has 1 heterocycles. The third-order valence-corrected chi connectivity index (χ3v) is 6.26. The van der Waals surface area contributed by atoms with E-state index in [4.69, 9.17) is 0 Å². The van der Waals surface area contributed by atoms with Crippen molar-refractivity contribution in [1.29, 1.82) is 0 Å². The maximum absolute atomic E-state index is 12.5. The summed E-state index contributed by atoms with van der Waals surface area (Å²) >= 11 is 0. The second kappa shape index (κ2) is 8.78. The highest BCUT2D eigenvalue weighted by molar-refractivity contribution is 5.92. The van der Waals surface area contributed by atoms with Crippen LogP contribution in [0.3, 0.4) is 0 Å². The number of nitrogens with one attached hydrogen (secondary N) is 2. The van der Waals surface area contributed by atoms with Crippen LogP contribution in [0.2, 0.25) is 0 Å². The molecule has 0 spiro atoms. The number of likely N-dealkylation sites (N-methyl/N-ethyl adjacent to an activating group) is 1. The van der Waals surface area contributed by atoms with Crippen LogP contribution in [0, 0.1) is 0 Å². The Hall–Kier alpha value is -2.33. The molecule has 0 aromatic heterocycles. The summed E-state index contributed by atoms with van der Waals surface area (Å²) in [5.41, 5.74) is 6.15. The van der Waals surface area contributed by atoms with Gasteiger partial charge in [0.05, 0.1) is 39.1 Å². The van der Waals surface area contributed by atoms with Gasteiger partial charge in [0.1, 0.15) is 0 Å². The zero-order valence-electron chi connectivity index (χ0n) is 17.0. The number of anilines is 2. The van der Waals surface area contributed by atoms with Crippen LogP contribution in [-0.4, -0.2) is 38.6 Å². The van der Waals surface area contributed by atoms with Crippen molar-refractivity contribution in [2.24, 2.45) is 0 Å². The smallest absolute Gasteiger partial charge is 0.228 e. The first kappa shape index (κ1) is 19.0. The standard InChI is InChI=1S/C24H31N3O/c1-2-26-13-15-27(16-14-26)23-11-9-22(10-12-23)25-24(28)18-19-7-8-20-5-3-4-6-21(20)17-19/h7-12,17H,2-6,13-16,18H2,1H3,(H,25,28)/p+1. The molecule has 28 heavy (non-hydrogen) atoms. The number of amides is 1. The summed E-state index contributed by atoms with van der Waals surface area (Å²) in [6.45, 7) is 8.08. The number of rotatable bonds is 5. The van der Waals surface area contributed by atoms with E-state index in [1.807, 2.05) is 12.1 Å². The third kappa shape index (κ3) is 4.56. The van der Waals surface area contributed by atoms with Gasteiger partial charge < -0.3 is 15.1 Å². The molecular weight excluding hydrogens is 346 g/mol. The Balaban J connectivity index is 1.32. The molecule has 0 unspecified atom stereocenters. The number of piperazine rings is 1. The summed E-state index contributed by atoms with van der Waals surface area (Å²) in [7, 11) is 0. The van der Waals surface area contributed by atoms with Gasteiger partial charge in [-0.2, -0.15) is 0 Å². The van der Waals surface area contributed by atoms with Crippen molar-refractivity contribution in [1.82, 2.24) is 0 Å². The van der Waals surface area contributed by atoms with Gasteiger partial charge in [-0.1, -0.05) is 18.2 Å². The molecule has 1 aliphatic carbocycles. The molecule has 1 saturated heterocycles. The highest BCUT2D eigenvalue weighted by Gasteiger charge is 2.18. The highest BCUT2D eigenvalue weighted by Crippen LogP contribution is 2.23. The maximum Gasteiger partial charge on any atom is 0.228 e. The van der Waals surface area contributed by atoms with Gasteiger partial charge in [0, 0.05) is 11.4 Å². The number of hydrogen-bond acceptors (Lipinski definition) is 2. The Morgan fingerprint density at radius 2 is 1.71 bits per heavy atom. The molecule has 0 saturated carbocycles. The van der Waals surface area contributed by atoms with Crippen molar-refractivity contribution in [3.05, 3.63) is 59.2 Å². The molecule has 2 N–H and O–H groups in total. The van der Waals surface area contributed by atoms with E-state index in [1.54, 1.807) is 4.90 Å². The molecule has 4 heteroatoms. The zero-order valence-corrected chi connectivity index (χ0v) is 17.0. The van der Waals surface area contributed by atoms with Crippen molar-refractivity contribution in [2.75, 3.05) is 42.9 Å². The number of carbonyl (C=O) groups is 1. The summed E-state index contributed by atoms with van der Waals surface area (Å²) < 4.78 is 0. The Labute approximate surface area is 168 Å². The fourth-order valence-corrected chi connectivity index (χ4v) is 4.48. The van der Waals surface area contributed by atoms with Crippen LogP contribution in [0.15, 0.2) is 42.5 Å². The van der Waals surface area contributed by atoms with Crippen molar-refractivity contribution >= 4 is 17.3 Å². The van der Waals surface area contributed by atoms with Crippen molar-refractivity contribution < 1.29 is 9.69 Å². The minimum absolute atomic E-state index is 0.0590. The summed E-state index contributed by atoms with van der Waals surface area (Å²) in [5, 5.41) is 3.06. The first-order chi connectivity index (χ1) is 13.7. The van der Waals surface area contributed by atoms with Gasteiger partial charge in [0.2, 0.25) is 5.91 Å². The molecule has 4 nitrogen and oxygen atoms in total. The molecule has 1 amide bonds. The van der Waals surface area contributed by atoms with Gasteiger partial charge in [-0.05, 0) is 73.6 Å². The maximum atomic E-state index is 12.5. The number of quaternary nitrogens is 1. The predicted octanol–water partition coefficient (Wildman–Crippen LogP) is 2.47. The fraction of sp³-hybridized carbons (Fsp3) is 0.458. The monoisotopic (exact) mass is 378 g/mol. The van der Waals surface area contributed by atoms with Crippen LogP contribution in [-0.2, 0) is 24.1 Å². The molecule has 0 radical (unpaired) electrons. The van der Waals surface area contributed by atoms with E-state index >= 15 is 0 Å². The molecule has 1 aliphatic heterocycles. The molecule has 0 bridgehead atoms. The van der Waals surface area contributed by atoms with E-state index in [0.717, 1.165) is 30.8 Å². The minimum atomic E-state index is 0.0590. The number of fused-ring (bicyclic) bond motifs is 1. The Morgan fingerprint density at radius 3 is 2.43 bits per heavy atom. The third-order valence-electron chi connectivity index (χ3n) is 6.26. The SMILES string of the molecule is CC[NH+]1CCN(c2ccc(NC(=O)Cc3ccc4c(c3)CCCC4)cc2)CC1. The Kier molecular flexibility index (Phi) is 5.96. The van der Waals surface area contributed by atoms with Crippen molar-refractivity contribution in [3.8, 4) is 0 Å². The number of benzene rings is 2. The van der Waals surface area contributed by atoms with Crippen LogP contribution in [0.1, 0.15) is 36.5 Å². The Bertz CT molecular complexity index is 807. The first-order valence-corrected chi connectivity index (χ1v) is 10.8. The second-order valence-corrected chi connectivity index (χ2v) is 8.17. The van der Waals surface area contributed by atoms with Crippen molar-refractivity contribution in [2.45, 2.75) is 39.0 Å². The predicted molar refractivity (Wildman–Crippen MR) is 115 cm³/mol. The molecule has 2 aliphatic rings. The van der Waals surface area contributed by atoms with Crippen LogP contribution in [0.4, 0.5) is 11.4 Å². The van der Waals surface area contributed by atoms with E-state index in [2.05, 4.69) is 47.5 Å². The summed E-state index contributed by atoms with van der Waals surface area (Å²) in [5.74, 6) is 0.0590. The summed E-state index contributed by atoms with van der Waals surface area (Å²) in [6, 6.07) is 14.9. The quantitative estimate of drug-likeness (QED) is 0.839. The number of aryl methyl sites for hydroxylation is 2. The highest BCUT2D eigenvalue weighted by atomic mass is 16.1. The average Bonchev–Trinajstić information content (AvgIpc) is 2.74. The van der Waals surface area contributed by atoms with E-state index < -0.39 is 0 Å². The summed E-state index contributed by atoms with van der Waals surface area (Å²) in [4.78, 5) is 16.6. The van der Waals surface area contributed by atoms with E-state index in [1.165, 1.54) is 55.7 Å². The topological polar surface area (TPSA) is 36.8 Å². The van der Waals surface area contributed by atoms with Crippen molar-refractivity contribution in [3.63, 3.8) is 0 Å². The van der Waals surface area contributed by atoms with Gasteiger partial charge in [-0.15, -0.1) is 0 Å². The minimum Gasteiger partial charge on any atom is -0.360 e. The van der Waals surface area contributed by atoms with Crippen LogP contribution in [0.5, 0.6) is 0 Å². The molecule has 1 fully saturated rings. The Morgan fingerprint density at radius 1 is 1.00 bits per heavy atom. The van der Waals surface area contributed by atoms with Gasteiger partial charge >= 0.3 is 0 Å². The van der Waals surface area contributed by atoms with Gasteiger partial charge in [-0.25, -0.2) is 0 Å². The average molecular weight is 379 g/mol. The van der Waals surface area contributed by atoms with E-state index in [9.17, 15) is 4.79 Å². The fourth-order valence-electron chi connectivity index (χ4n) is 4.48. The van der Waals surface area contributed by atoms with E-state index in [-0.39, 0.29) is 5.91 Å². The molecule has 0 atom stereocenters. The molecule has 2 aromatic rings. The zero-order chi connectivity index (χ0) is 19.3. The summed E-state index contributed by atoms with van der Waals surface area (Å²) in [6.07, 6.45) is 5.34. The second-order valence-electron chi connectivity index (χ2n) is 8.17. The molecular formula is C24H32N3O+. The lowest BCUT2D eigenvalue weighted by molar-refractivity contribution is -0.898. The van der Waals surface area contributed by atoms with Gasteiger partial charge in [-0.3, -0.25) is 4.79 Å². The van der Waals surface area contributed by atoms with Gasteiger partial charge in [0.25, 0.3) is 0 Å². The lowest BCUT2D eigenvalue weighted by Crippen LogP contribution is -3.14. The first-order valence-electron chi connectivity index (χ1n) is 10.8. The largest absolute Gasteiger partial charge is 0.360 e. The molecule has 4 rings (SSSR count). The molecule has 148 valence electrons. The molecule has 2 aromatic carbocycles. The normalized spacial score (nSPS) is 17.2.